The summed E-state index contributed by atoms with van der Waals surface area (Å²) in [6, 6.07) is 3.37. The molecule has 0 radical (unpaired) electrons. The van der Waals surface area contributed by atoms with E-state index in [0.717, 1.165) is 19.3 Å². The molecule has 1 aliphatic rings. The van der Waals surface area contributed by atoms with Crippen molar-refractivity contribution in [2.75, 3.05) is 11.9 Å². The zero-order chi connectivity index (χ0) is 13.1. The summed E-state index contributed by atoms with van der Waals surface area (Å²) in [5, 5.41) is 2.73. The van der Waals surface area contributed by atoms with Crippen LogP contribution in [0.15, 0.2) is 23.1 Å². The monoisotopic (exact) mass is 249 g/mol. The minimum absolute atomic E-state index is 0.0556. The van der Waals surface area contributed by atoms with Crippen LogP contribution in [0.25, 0.3) is 0 Å². The molecule has 5 nitrogen and oxygen atoms in total. The van der Waals surface area contributed by atoms with E-state index < -0.39 is 0 Å². The van der Waals surface area contributed by atoms with Crippen LogP contribution < -0.4 is 16.6 Å². The summed E-state index contributed by atoms with van der Waals surface area (Å²) in [7, 11) is 1.66. The van der Waals surface area contributed by atoms with Gasteiger partial charge in [0.2, 0.25) is 5.91 Å². The van der Waals surface area contributed by atoms with Crippen molar-refractivity contribution < 1.29 is 4.79 Å². The summed E-state index contributed by atoms with van der Waals surface area (Å²) in [4.78, 5) is 23.9. The molecule has 98 valence electrons. The molecule has 0 saturated heterocycles. The number of carbonyl (C=O) groups is 1. The second-order valence-corrected chi connectivity index (χ2v) is 4.86. The maximum absolute atomic E-state index is 12.1. The largest absolute Gasteiger partial charge is 0.330 e. The number of aryl methyl sites for hydroxylation is 1. The number of pyridine rings is 1. The number of amides is 1. The Hall–Kier alpha value is -1.62. The van der Waals surface area contributed by atoms with Crippen molar-refractivity contribution in [3.05, 3.63) is 28.7 Å². The second kappa shape index (κ2) is 5.35. The van der Waals surface area contributed by atoms with Crippen molar-refractivity contribution in [1.29, 1.82) is 0 Å². The molecule has 2 atom stereocenters. The van der Waals surface area contributed by atoms with Gasteiger partial charge in [0.25, 0.3) is 5.56 Å². The lowest BCUT2D eigenvalue weighted by molar-refractivity contribution is -0.120. The SMILES string of the molecule is Cn1cccc(NC(=O)[C@@H]2CCC[C@@H]2CN)c1=O. The van der Waals surface area contributed by atoms with Gasteiger partial charge in [-0.15, -0.1) is 0 Å². The number of rotatable bonds is 3. The van der Waals surface area contributed by atoms with Gasteiger partial charge in [0, 0.05) is 19.2 Å². The van der Waals surface area contributed by atoms with Gasteiger partial charge < -0.3 is 15.6 Å². The van der Waals surface area contributed by atoms with E-state index in [2.05, 4.69) is 5.32 Å². The van der Waals surface area contributed by atoms with Crippen molar-refractivity contribution in [2.24, 2.45) is 24.6 Å². The van der Waals surface area contributed by atoms with Gasteiger partial charge in [-0.1, -0.05) is 6.42 Å². The van der Waals surface area contributed by atoms with Crippen molar-refractivity contribution in [3.63, 3.8) is 0 Å². The van der Waals surface area contributed by atoms with Crippen LogP contribution in [-0.4, -0.2) is 17.0 Å². The Bertz CT molecular complexity index is 495. The summed E-state index contributed by atoms with van der Waals surface area (Å²) in [6.45, 7) is 0.533. The average Bonchev–Trinajstić information content (AvgIpc) is 2.83. The van der Waals surface area contributed by atoms with Crippen LogP contribution in [0.4, 0.5) is 5.69 Å². The summed E-state index contributed by atoms with van der Waals surface area (Å²) in [5.74, 6) is 0.115. The lowest BCUT2D eigenvalue weighted by Gasteiger charge is -2.17. The molecule has 1 aliphatic carbocycles. The van der Waals surface area contributed by atoms with E-state index in [0.29, 0.717) is 12.2 Å². The molecule has 3 N–H and O–H groups in total. The zero-order valence-electron chi connectivity index (χ0n) is 10.6. The fourth-order valence-corrected chi connectivity index (χ4v) is 2.58. The van der Waals surface area contributed by atoms with Gasteiger partial charge in [-0.05, 0) is 37.4 Å². The van der Waals surface area contributed by atoms with Crippen LogP contribution in [0.2, 0.25) is 0 Å². The van der Waals surface area contributed by atoms with Gasteiger partial charge in [-0.2, -0.15) is 0 Å². The van der Waals surface area contributed by atoms with E-state index in [1.165, 1.54) is 4.57 Å². The first kappa shape index (κ1) is 12.8. The number of nitrogens with one attached hydrogen (secondary N) is 1. The fraction of sp³-hybridized carbons (Fsp3) is 0.538. The minimum atomic E-state index is -0.187. The van der Waals surface area contributed by atoms with Crippen molar-refractivity contribution in [3.8, 4) is 0 Å². The molecule has 18 heavy (non-hydrogen) atoms. The topological polar surface area (TPSA) is 77.1 Å². The van der Waals surface area contributed by atoms with Crippen LogP contribution in [0.3, 0.4) is 0 Å². The Balaban J connectivity index is 2.12. The lowest BCUT2D eigenvalue weighted by atomic mass is 9.95. The summed E-state index contributed by atoms with van der Waals surface area (Å²) >= 11 is 0. The number of hydrogen-bond donors (Lipinski definition) is 2. The minimum Gasteiger partial charge on any atom is -0.330 e. The molecule has 2 rings (SSSR count). The first-order valence-electron chi connectivity index (χ1n) is 6.30. The third kappa shape index (κ3) is 2.46. The van der Waals surface area contributed by atoms with Crippen LogP contribution in [0.5, 0.6) is 0 Å². The maximum Gasteiger partial charge on any atom is 0.274 e. The molecule has 1 saturated carbocycles. The molecule has 1 aromatic heterocycles. The zero-order valence-corrected chi connectivity index (χ0v) is 10.6. The molecule has 0 aromatic carbocycles. The van der Waals surface area contributed by atoms with E-state index in [-0.39, 0.29) is 23.3 Å². The molecule has 1 fully saturated rings. The molecule has 0 aliphatic heterocycles. The standard InChI is InChI=1S/C13H19N3O2/c1-16-7-3-6-11(13(16)18)15-12(17)10-5-2-4-9(10)8-14/h3,6-7,9-10H,2,4-5,8,14H2,1H3,(H,15,17)/t9-,10-/m1/s1. The van der Waals surface area contributed by atoms with E-state index in [4.69, 9.17) is 5.73 Å². The molecule has 1 aromatic rings. The first-order valence-corrected chi connectivity index (χ1v) is 6.30. The van der Waals surface area contributed by atoms with Gasteiger partial charge in [0.15, 0.2) is 0 Å². The number of anilines is 1. The molecule has 0 unspecified atom stereocenters. The average molecular weight is 249 g/mol. The Morgan fingerprint density at radius 2 is 2.33 bits per heavy atom. The lowest BCUT2D eigenvalue weighted by Crippen LogP contribution is -2.32. The van der Waals surface area contributed by atoms with Crippen LogP contribution in [0, 0.1) is 11.8 Å². The Kier molecular flexibility index (Phi) is 3.81. The molecule has 0 spiro atoms. The summed E-state index contributed by atoms with van der Waals surface area (Å²) < 4.78 is 1.45. The number of carbonyl (C=O) groups excluding carboxylic acids is 1. The number of aromatic nitrogens is 1. The predicted octanol–water partition coefficient (Wildman–Crippen LogP) is 0.699. The van der Waals surface area contributed by atoms with Crippen molar-refractivity contribution in [2.45, 2.75) is 19.3 Å². The van der Waals surface area contributed by atoms with E-state index >= 15 is 0 Å². The Morgan fingerprint density at radius 3 is 3.06 bits per heavy atom. The van der Waals surface area contributed by atoms with Crippen molar-refractivity contribution in [1.82, 2.24) is 4.57 Å². The molecular formula is C13H19N3O2. The number of nitrogens with zero attached hydrogens (tertiary/aromatic N) is 1. The van der Waals surface area contributed by atoms with Gasteiger partial charge in [0.1, 0.15) is 5.69 Å². The van der Waals surface area contributed by atoms with Gasteiger partial charge >= 0.3 is 0 Å². The van der Waals surface area contributed by atoms with Crippen molar-refractivity contribution >= 4 is 11.6 Å². The summed E-state index contributed by atoms with van der Waals surface area (Å²) in [6.07, 6.45) is 4.56. The number of nitrogens with two attached hydrogens (primary N) is 1. The highest BCUT2D eigenvalue weighted by Crippen LogP contribution is 2.31. The van der Waals surface area contributed by atoms with E-state index in [1.54, 1.807) is 25.4 Å². The third-order valence-electron chi connectivity index (χ3n) is 3.68. The molecule has 5 heteroatoms. The van der Waals surface area contributed by atoms with Gasteiger partial charge in [-0.25, -0.2) is 0 Å². The van der Waals surface area contributed by atoms with Gasteiger partial charge in [-0.3, -0.25) is 9.59 Å². The molecule has 1 heterocycles. The Labute approximate surface area is 106 Å². The highest BCUT2D eigenvalue weighted by atomic mass is 16.2. The van der Waals surface area contributed by atoms with Crippen LogP contribution in [0.1, 0.15) is 19.3 Å². The van der Waals surface area contributed by atoms with Crippen LogP contribution in [-0.2, 0) is 11.8 Å². The molecule has 0 bridgehead atoms. The smallest absolute Gasteiger partial charge is 0.274 e. The maximum atomic E-state index is 12.1. The highest BCUT2D eigenvalue weighted by Gasteiger charge is 2.32. The van der Waals surface area contributed by atoms with E-state index in [9.17, 15) is 9.59 Å². The van der Waals surface area contributed by atoms with Gasteiger partial charge in [0.05, 0.1) is 0 Å². The highest BCUT2D eigenvalue weighted by molar-refractivity contribution is 5.92. The molecular weight excluding hydrogens is 230 g/mol. The van der Waals surface area contributed by atoms with E-state index in [1.807, 2.05) is 0 Å². The Morgan fingerprint density at radius 1 is 1.56 bits per heavy atom. The normalized spacial score (nSPS) is 23.0. The predicted molar refractivity (Wildman–Crippen MR) is 70.2 cm³/mol. The summed E-state index contributed by atoms with van der Waals surface area (Å²) in [5.41, 5.74) is 5.82. The van der Waals surface area contributed by atoms with Crippen LogP contribution >= 0.6 is 0 Å². The quantitative estimate of drug-likeness (QED) is 0.827. The molecule has 1 amide bonds. The second-order valence-electron chi connectivity index (χ2n) is 4.86. The first-order chi connectivity index (χ1) is 8.63. The third-order valence-corrected chi connectivity index (χ3v) is 3.68. The number of hydrogen-bond acceptors (Lipinski definition) is 3. The fourth-order valence-electron chi connectivity index (χ4n) is 2.58.